The van der Waals surface area contributed by atoms with Gasteiger partial charge >= 0.3 is 0 Å². The molecule has 1 aliphatic carbocycles. The van der Waals surface area contributed by atoms with E-state index in [0.29, 0.717) is 6.54 Å². The zero-order valence-electron chi connectivity index (χ0n) is 12.6. The number of carbonyl (C=O) groups excluding carboxylic acids is 1. The number of nitrogens with one attached hydrogen (secondary N) is 1. The van der Waals surface area contributed by atoms with E-state index in [9.17, 15) is 9.90 Å². The second kappa shape index (κ2) is 7.38. The number of amides is 1. The standard InChI is InChI=1S/C15H28N2O3/c1-13(10-17-6-8-20-9-7-17)14(19)16-11-15(12-18)4-2-3-5-15/h13,18H,2-12H2,1H3,(H,16,19)/t13-/m0/s1. The highest BCUT2D eigenvalue weighted by Gasteiger charge is 2.33. The molecule has 1 heterocycles. The summed E-state index contributed by atoms with van der Waals surface area (Å²) in [5.74, 6) is 0.0986. The van der Waals surface area contributed by atoms with Gasteiger partial charge in [0.25, 0.3) is 0 Å². The summed E-state index contributed by atoms with van der Waals surface area (Å²) in [6.07, 6.45) is 4.39. The van der Waals surface area contributed by atoms with Gasteiger partial charge in [0.15, 0.2) is 0 Å². The molecular weight excluding hydrogens is 256 g/mol. The number of nitrogens with zero attached hydrogens (tertiary/aromatic N) is 1. The smallest absolute Gasteiger partial charge is 0.224 e. The third kappa shape index (κ3) is 4.17. The maximum atomic E-state index is 12.2. The number of hydrogen-bond acceptors (Lipinski definition) is 4. The molecule has 1 amide bonds. The predicted molar refractivity (Wildman–Crippen MR) is 77.4 cm³/mol. The van der Waals surface area contributed by atoms with Crippen LogP contribution in [0.3, 0.4) is 0 Å². The van der Waals surface area contributed by atoms with Crippen molar-refractivity contribution in [1.82, 2.24) is 10.2 Å². The SMILES string of the molecule is C[C@@H](CN1CCOCC1)C(=O)NCC1(CO)CCCC1. The molecule has 2 aliphatic rings. The fourth-order valence-corrected chi connectivity index (χ4v) is 3.22. The van der Waals surface area contributed by atoms with E-state index in [4.69, 9.17) is 4.74 Å². The molecule has 116 valence electrons. The summed E-state index contributed by atoms with van der Waals surface area (Å²) >= 11 is 0. The largest absolute Gasteiger partial charge is 0.396 e. The molecule has 2 rings (SSSR count). The number of ether oxygens (including phenoxy) is 1. The van der Waals surface area contributed by atoms with E-state index in [2.05, 4.69) is 10.2 Å². The Morgan fingerprint density at radius 1 is 1.35 bits per heavy atom. The van der Waals surface area contributed by atoms with Crippen LogP contribution >= 0.6 is 0 Å². The van der Waals surface area contributed by atoms with E-state index in [0.717, 1.165) is 45.7 Å². The van der Waals surface area contributed by atoms with Crippen LogP contribution in [0.25, 0.3) is 0 Å². The van der Waals surface area contributed by atoms with Crippen molar-refractivity contribution in [3.63, 3.8) is 0 Å². The van der Waals surface area contributed by atoms with Crippen molar-refractivity contribution in [2.45, 2.75) is 32.6 Å². The first-order chi connectivity index (χ1) is 9.65. The van der Waals surface area contributed by atoms with Gasteiger partial charge in [-0.3, -0.25) is 9.69 Å². The van der Waals surface area contributed by atoms with E-state index in [1.807, 2.05) is 6.92 Å². The molecule has 5 heteroatoms. The highest BCUT2D eigenvalue weighted by atomic mass is 16.5. The molecule has 2 fully saturated rings. The summed E-state index contributed by atoms with van der Waals surface area (Å²) in [7, 11) is 0. The Morgan fingerprint density at radius 2 is 2.00 bits per heavy atom. The van der Waals surface area contributed by atoms with E-state index in [1.54, 1.807) is 0 Å². The summed E-state index contributed by atoms with van der Waals surface area (Å²) in [5.41, 5.74) is -0.0612. The molecule has 0 bridgehead atoms. The Balaban J connectivity index is 1.73. The van der Waals surface area contributed by atoms with E-state index in [-0.39, 0.29) is 23.8 Å². The van der Waals surface area contributed by atoms with Crippen LogP contribution in [0.4, 0.5) is 0 Å². The minimum absolute atomic E-state index is 0.00903. The number of aliphatic hydroxyl groups excluding tert-OH is 1. The number of rotatable bonds is 6. The Hall–Kier alpha value is -0.650. The third-order valence-corrected chi connectivity index (χ3v) is 4.72. The first-order valence-corrected chi connectivity index (χ1v) is 7.84. The fourth-order valence-electron chi connectivity index (χ4n) is 3.22. The van der Waals surface area contributed by atoms with Crippen molar-refractivity contribution < 1.29 is 14.6 Å². The molecular formula is C15H28N2O3. The normalized spacial score (nSPS) is 24.5. The summed E-state index contributed by atoms with van der Waals surface area (Å²) in [4.78, 5) is 14.5. The lowest BCUT2D eigenvalue weighted by molar-refractivity contribution is -0.126. The second-order valence-electron chi connectivity index (χ2n) is 6.40. The van der Waals surface area contributed by atoms with Crippen LogP contribution in [-0.4, -0.2) is 61.9 Å². The molecule has 2 N–H and O–H groups in total. The molecule has 5 nitrogen and oxygen atoms in total. The van der Waals surface area contributed by atoms with Crippen LogP contribution in [0.15, 0.2) is 0 Å². The van der Waals surface area contributed by atoms with E-state index < -0.39 is 0 Å². The van der Waals surface area contributed by atoms with Gasteiger partial charge in [0.2, 0.25) is 5.91 Å². The summed E-state index contributed by atoms with van der Waals surface area (Å²) in [5, 5.41) is 12.6. The van der Waals surface area contributed by atoms with Crippen LogP contribution in [-0.2, 0) is 9.53 Å². The first-order valence-electron chi connectivity index (χ1n) is 7.84. The minimum atomic E-state index is -0.0612. The summed E-state index contributed by atoms with van der Waals surface area (Å²) in [6.45, 7) is 6.94. The molecule has 0 aromatic carbocycles. The average Bonchev–Trinajstić information content (AvgIpc) is 2.95. The Labute approximate surface area is 121 Å². The third-order valence-electron chi connectivity index (χ3n) is 4.72. The Morgan fingerprint density at radius 3 is 2.60 bits per heavy atom. The van der Waals surface area contributed by atoms with Gasteiger partial charge in [-0.1, -0.05) is 19.8 Å². The summed E-state index contributed by atoms with van der Waals surface area (Å²) in [6, 6.07) is 0. The molecule has 20 heavy (non-hydrogen) atoms. The molecule has 0 aromatic rings. The Kier molecular flexibility index (Phi) is 5.81. The van der Waals surface area contributed by atoms with Gasteiger partial charge in [-0.25, -0.2) is 0 Å². The second-order valence-corrected chi connectivity index (χ2v) is 6.40. The number of hydrogen-bond donors (Lipinski definition) is 2. The van der Waals surface area contributed by atoms with Crippen LogP contribution in [0, 0.1) is 11.3 Å². The molecule has 1 saturated carbocycles. The lowest BCUT2D eigenvalue weighted by atomic mass is 9.87. The van der Waals surface area contributed by atoms with Gasteiger partial charge in [0.1, 0.15) is 0 Å². The summed E-state index contributed by atoms with van der Waals surface area (Å²) < 4.78 is 5.31. The molecule has 0 aromatic heterocycles. The lowest BCUT2D eigenvalue weighted by Crippen LogP contribution is -2.45. The zero-order chi connectivity index (χ0) is 14.4. The van der Waals surface area contributed by atoms with Crippen LogP contribution in [0.5, 0.6) is 0 Å². The van der Waals surface area contributed by atoms with E-state index in [1.165, 1.54) is 12.8 Å². The zero-order valence-corrected chi connectivity index (χ0v) is 12.6. The molecule has 1 aliphatic heterocycles. The van der Waals surface area contributed by atoms with Crippen molar-refractivity contribution in [2.75, 3.05) is 46.0 Å². The number of morpholine rings is 1. The van der Waals surface area contributed by atoms with Crippen molar-refractivity contribution >= 4 is 5.91 Å². The first kappa shape index (κ1) is 15.7. The highest BCUT2D eigenvalue weighted by Crippen LogP contribution is 2.36. The van der Waals surface area contributed by atoms with Crippen molar-refractivity contribution in [3.05, 3.63) is 0 Å². The van der Waals surface area contributed by atoms with Gasteiger partial charge in [-0.2, -0.15) is 0 Å². The average molecular weight is 284 g/mol. The highest BCUT2D eigenvalue weighted by molar-refractivity contribution is 5.78. The fraction of sp³-hybridized carbons (Fsp3) is 0.933. The topological polar surface area (TPSA) is 61.8 Å². The van der Waals surface area contributed by atoms with Gasteiger partial charge in [0, 0.05) is 37.5 Å². The van der Waals surface area contributed by atoms with Gasteiger partial charge in [-0.15, -0.1) is 0 Å². The predicted octanol–water partition coefficient (Wildman–Crippen LogP) is 0.624. The Bertz CT molecular complexity index is 310. The quantitative estimate of drug-likeness (QED) is 0.751. The van der Waals surface area contributed by atoms with Crippen LogP contribution in [0.2, 0.25) is 0 Å². The van der Waals surface area contributed by atoms with Gasteiger partial charge < -0.3 is 15.2 Å². The lowest BCUT2D eigenvalue weighted by Gasteiger charge is -2.30. The van der Waals surface area contributed by atoms with E-state index >= 15 is 0 Å². The molecule has 1 saturated heterocycles. The molecule has 1 atom stereocenters. The molecule has 0 radical (unpaired) electrons. The van der Waals surface area contributed by atoms with Gasteiger partial charge in [0.05, 0.1) is 19.8 Å². The van der Waals surface area contributed by atoms with Crippen LogP contribution in [0.1, 0.15) is 32.6 Å². The maximum Gasteiger partial charge on any atom is 0.224 e. The van der Waals surface area contributed by atoms with Crippen molar-refractivity contribution in [1.29, 1.82) is 0 Å². The minimum Gasteiger partial charge on any atom is -0.396 e. The van der Waals surface area contributed by atoms with Crippen LogP contribution < -0.4 is 5.32 Å². The molecule has 0 spiro atoms. The number of aliphatic hydroxyl groups is 1. The van der Waals surface area contributed by atoms with Crippen molar-refractivity contribution in [3.8, 4) is 0 Å². The molecule has 0 unspecified atom stereocenters. The van der Waals surface area contributed by atoms with Gasteiger partial charge in [-0.05, 0) is 12.8 Å². The van der Waals surface area contributed by atoms with Crippen molar-refractivity contribution in [2.24, 2.45) is 11.3 Å². The monoisotopic (exact) mass is 284 g/mol. The number of carbonyl (C=O) groups is 1. The maximum absolute atomic E-state index is 12.2.